The Balaban J connectivity index is 2.33. The van der Waals surface area contributed by atoms with Crippen LogP contribution in [0.3, 0.4) is 0 Å². The summed E-state index contributed by atoms with van der Waals surface area (Å²) in [7, 11) is 1.25. The molecule has 0 bridgehead atoms. The quantitative estimate of drug-likeness (QED) is 0.725. The lowest BCUT2D eigenvalue weighted by Crippen LogP contribution is -2.04. The summed E-state index contributed by atoms with van der Waals surface area (Å²) in [4.78, 5) is -0.282. The average molecular weight is 398 g/mol. The fourth-order valence-electron chi connectivity index (χ4n) is 1.61. The van der Waals surface area contributed by atoms with Crippen LogP contribution >= 0.6 is 26.6 Å². The molecule has 0 aliphatic rings. The Bertz CT molecular complexity index is 761. The van der Waals surface area contributed by atoms with Crippen LogP contribution < -0.4 is 4.74 Å². The molecule has 0 radical (unpaired) electrons. The molecule has 0 saturated heterocycles. The molecule has 21 heavy (non-hydrogen) atoms. The van der Waals surface area contributed by atoms with E-state index < -0.39 is 27.3 Å². The second-order valence-corrected chi connectivity index (χ2v) is 7.47. The molecule has 2 rings (SSSR count). The van der Waals surface area contributed by atoms with Gasteiger partial charge < -0.3 is 4.74 Å². The Morgan fingerprint density at radius 1 is 1.14 bits per heavy atom. The van der Waals surface area contributed by atoms with Crippen molar-refractivity contribution in [2.24, 2.45) is 0 Å². The lowest BCUT2D eigenvalue weighted by Gasteiger charge is -2.11. The van der Waals surface area contributed by atoms with Crippen molar-refractivity contribution < 1.29 is 21.9 Å². The molecule has 2 aromatic carbocycles. The summed E-state index contributed by atoms with van der Waals surface area (Å²) in [6.45, 7) is -0.459. The fourth-order valence-corrected chi connectivity index (χ4v) is 3.12. The van der Waals surface area contributed by atoms with Crippen molar-refractivity contribution in [2.75, 3.05) is 0 Å². The average Bonchev–Trinajstić information content (AvgIpc) is 2.38. The minimum absolute atomic E-state index is 0.0872. The maximum Gasteiger partial charge on any atom is 0.265 e. The van der Waals surface area contributed by atoms with E-state index in [4.69, 9.17) is 15.4 Å². The van der Waals surface area contributed by atoms with E-state index in [2.05, 4.69) is 15.9 Å². The van der Waals surface area contributed by atoms with Gasteiger partial charge >= 0.3 is 0 Å². The van der Waals surface area contributed by atoms with Gasteiger partial charge in [-0.15, -0.1) is 0 Å². The van der Waals surface area contributed by atoms with Crippen LogP contribution in [0.15, 0.2) is 45.8 Å². The molecular formula is C13H8BrClF2O3S. The van der Waals surface area contributed by atoms with Gasteiger partial charge in [0.1, 0.15) is 28.9 Å². The first-order valence-corrected chi connectivity index (χ1v) is 8.69. The summed E-state index contributed by atoms with van der Waals surface area (Å²) in [5.74, 6) is -1.64. The van der Waals surface area contributed by atoms with Gasteiger partial charge in [0, 0.05) is 15.2 Å². The minimum atomic E-state index is -4.05. The van der Waals surface area contributed by atoms with E-state index in [0.717, 1.165) is 12.1 Å². The zero-order valence-corrected chi connectivity index (χ0v) is 13.5. The van der Waals surface area contributed by atoms with Gasteiger partial charge in [-0.2, -0.15) is 0 Å². The number of halogens is 4. The molecule has 0 N–H and O–H groups in total. The largest absolute Gasteiger partial charge is 0.487 e. The maximum absolute atomic E-state index is 13.5. The van der Waals surface area contributed by atoms with Gasteiger partial charge in [0.25, 0.3) is 9.05 Å². The van der Waals surface area contributed by atoms with E-state index in [1.807, 2.05) is 0 Å². The molecule has 0 amide bonds. The minimum Gasteiger partial charge on any atom is -0.487 e. The van der Waals surface area contributed by atoms with Crippen molar-refractivity contribution in [2.45, 2.75) is 11.5 Å². The maximum atomic E-state index is 13.5. The third-order valence-corrected chi connectivity index (χ3v) is 4.44. The smallest absolute Gasteiger partial charge is 0.265 e. The third-order valence-electron chi connectivity index (χ3n) is 2.60. The first kappa shape index (κ1) is 16.2. The van der Waals surface area contributed by atoms with E-state index >= 15 is 0 Å². The Labute approximate surface area is 133 Å². The van der Waals surface area contributed by atoms with Crippen LogP contribution in [0.4, 0.5) is 8.78 Å². The van der Waals surface area contributed by atoms with E-state index in [1.54, 1.807) is 0 Å². The summed E-state index contributed by atoms with van der Waals surface area (Å²) < 4.78 is 55.6. The number of hydrogen-bond acceptors (Lipinski definition) is 3. The van der Waals surface area contributed by atoms with Crippen LogP contribution in [0.1, 0.15) is 5.56 Å². The van der Waals surface area contributed by atoms with Gasteiger partial charge in [0.2, 0.25) is 0 Å². The summed E-state index contributed by atoms with van der Waals surface area (Å²) >= 11 is 3.11. The Kier molecular flexibility index (Phi) is 4.85. The SMILES string of the molecule is O=S(=O)(Cl)c1cc(Br)ccc1OCc1c(F)cccc1F. The molecule has 3 nitrogen and oxygen atoms in total. The molecule has 0 aromatic heterocycles. The predicted molar refractivity (Wildman–Crippen MR) is 77.9 cm³/mol. The van der Waals surface area contributed by atoms with Crippen molar-refractivity contribution >= 4 is 35.7 Å². The monoisotopic (exact) mass is 396 g/mol. The van der Waals surface area contributed by atoms with Crippen molar-refractivity contribution in [1.29, 1.82) is 0 Å². The highest BCUT2D eigenvalue weighted by Gasteiger charge is 2.18. The van der Waals surface area contributed by atoms with Crippen LogP contribution in [-0.4, -0.2) is 8.42 Å². The number of rotatable bonds is 4. The molecular weight excluding hydrogens is 390 g/mol. The molecule has 0 heterocycles. The van der Waals surface area contributed by atoms with E-state index in [-0.39, 0.29) is 16.2 Å². The van der Waals surface area contributed by atoms with Gasteiger partial charge in [-0.05, 0) is 30.3 Å². The molecule has 0 atom stereocenters. The number of benzene rings is 2. The summed E-state index contributed by atoms with van der Waals surface area (Å²) in [6, 6.07) is 7.51. The Morgan fingerprint density at radius 2 is 1.76 bits per heavy atom. The second-order valence-electron chi connectivity index (χ2n) is 4.02. The Hall–Kier alpha value is -1.18. The molecule has 2 aromatic rings. The van der Waals surface area contributed by atoms with Gasteiger partial charge in [0.15, 0.2) is 0 Å². The summed E-state index contributed by atoms with van der Waals surface area (Å²) in [5, 5.41) is 0. The van der Waals surface area contributed by atoms with E-state index in [9.17, 15) is 17.2 Å². The lowest BCUT2D eigenvalue weighted by atomic mass is 10.2. The van der Waals surface area contributed by atoms with Crippen molar-refractivity contribution in [3.63, 3.8) is 0 Å². The molecule has 0 spiro atoms. The van der Waals surface area contributed by atoms with Crippen molar-refractivity contribution in [3.05, 3.63) is 58.1 Å². The third kappa shape index (κ3) is 3.93. The van der Waals surface area contributed by atoms with Crippen LogP contribution in [0.25, 0.3) is 0 Å². The lowest BCUT2D eigenvalue weighted by molar-refractivity contribution is 0.285. The van der Waals surface area contributed by atoms with Crippen LogP contribution in [0, 0.1) is 11.6 Å². The first-order chi connectivity index (χ1) is 9.79. The highest BCUT2D eigenvalue weighted by molar-refractivity contribution is 9.10. The normalized spacial score (nSPS) is 11.4. The molecule has 0 saturated carbocycles. The zero-order chi connectivity index (χ0) is 15.6. The standard InChI is InChI=1S/C13H8BrClF2O3S/c14-8-4-5-12(13(6-8)21(15,18)19)20-7-9-10(16)2-1-3-11(9)17/h1-6H,7H2. The molecule has 0 aliphatic heterocycles. The highest BCUT2D eigenvalue weighted by atomic mass is 79.9. The van der Waals surface area contributed by atoms with Crippen LogP contribution in [0.5, 0.6) is 5.75 Å². The summed E-state index contributed by atoms with van der Waals surface area (Å²) in [6.07, 6.45) is 0. The van der Waals surface area contributed by atoms with Gasteiger partial charge in [-0.25, -0.2) is 17.2 Å². The highest BCUT2D eigenvalue weighted by Crippen LogP contribution is 2.31. The molecule has 8 heteroatoms. The van der Waals surface area contributed by atoms with E-state index in [1.165, 1.54) is 24.3 Å². The van der Waals surface area contributed by atoms with Gasteiger partial charge in [-0.3, -0.25) is 0 Å². The summed E-state index contributed by atoms with van der Waals surface area (Å²) in [5.41, 5.74) is -0.293. The van der Waals surface area contributed by atoms with Gasteiger partial charge in [0.05, 0.1) is 5.56 Å². The fraction of sp³-hybridized carbons (Fsp3) is 0.0769. The van der Waals surface area contributed by atoms with Crippen LogP contribution in [0.2, 0.25) is 0 Å². The molecule has 0 unspecified atom stereocenters. The topological polar surface area (TPSA) is 43.4 Å². The first-order valence-electron chi connectivity index (χ1n) is 5.59. The van der Waals surface area contributed by atoms with Crippen LogP contribution in [-0.2, 0) is 15.7 Å². The Morgan fingerprint density at radius 3 is 2.33 bits per heavy atom. The number of ether oxygens (including phenoxy) is 1. The molecule has 0 fully saturated rings. The number of hydrogen-bond donors (Lipinski definition) is 0. The van der Waals surface area contributed by atoms with Crippen molar-refractivity contribution in [3.8, 4) is 5.75 Å². The van der Waals surface area contributed by atoms with Gasteiger partial charge in [-0.1, -0.05) is 22.0 Å². The molecule has 0 aliphatic carbocycles. The predicted octanol–water partition coefficient (Wildman–Crippen LogP) is 4.23. The molecule has 112 valence electrons. The zero-order valence-electron chi connectivity index (χ0n) is 10.3. The van der Waals surface area contributed by atoms with Crippen molar-refractivity contribution in [1.82, 2.24) is 0 Å². The second kappa shape index (κ2) is 6.29. The van der Waals surface area contributed by atoms with E-state index in [0.29, 0.717) is 4.47 Å².